The molecular weight excluding hydrogens is 462 g/mol. The average Bonchev–Trinajstić information content (AvgIpc) is 3.44. The third-order valence-corrected chi connectivity index (χ3v) is 7.85. The van der Waals surface area contributed by atoms with Gasteiger partial charge >= 0.3 is 0 Å². The number of carbonyl (C=O) groups excluding carboxylic acids is 1. The number of benzene rings is 2. The number of hydrogen-bond donors (Lipinski definition) is 1. The molecule has 0 bridgehead atoms. The van der Waals surface area contributed by atoms with Gasteiger partial charge in [0.25, 0.3) is 0 Å². The normalized spacial score (nSPS) is 20.0. The molecule has 0 saturated carbocycles. The first-order valence-electron chi connectivity index (χ1n) is 12.1. The molecule has 1 spiro atoms. The van der Waals surface area contributed by atoms with Gasteiger partial charge in [0.15, 0.2) is 11.5 Å². The number of ether oxygens (including phenoxy) is 4. The van der Waals surface area contributed by atoms with E-state index in [2.05, 4.69) is 15.5 Å². The van der Waals surface area contributed by atoms with E-state index < -0.39 is 0 Å². The van der Waals surface area contributed by atoms with Crippen LogP contribution in [-0.2, 0) is 28.5 Å². The van der Waals surface area contributed by atoms with E-state index in [4.69, 9.17) is 18.9 Å². The molecule has 1 N–H and O–H groups in total. The van der Waals surface area contributed by atoms with E-state index in [0.717, 1.165) is 46.0 Å². The van der Waals surface area contributed by atoms with Crippen LogP contribution < -0.4 is 14.2 Å². The van der Waals surface area contributed by atoms with E-state index in [9.17, 15) is 9.90 Å². The summed E-state index contributed by atoms with van der Waals surface area (Å²) in [6.45, 7) is 2.89. The molecule has 36 heavy (non-hydrogen) atoms. The highest BCUT2D eigenvalue weighted by atomic mass is 16.7. The van der Waals surface area contributed by atoms with E-state index in [-0.39, 0.29) is 37.4 Å². The molecule has 0 aliphatic carbocycles. The number of aromatic nitrogens is 1. The summed E-state index contributed by atoms with van der Waals surface area (Å²) in [6.07, 6.45) is 0. The highest BCUT2D eigenvalue weighted by molar-refractivity contribution is 5.89. The van der Waals surface area contributed by atoms with Crippen LogP contribution in [0.1, 0.15) is 22.9 Å². The van der Waals surface area contributed by atoms with Crippen molar-refractivity contribution in [1.29, 1.82) is 0 Å². The molecule has 9 nitrogen and oxygen atoms in total. The fraction of sp³-hybridized carbons (Fsp3) is 0.444. The Labute approximate surface area is 209 Å². The summed E-state index contributed by atoms with van der Waals surface area (Å²) in [5, 5.41) is 11.8. The summed E-state index contributed by atoms with van der Waals surface area (Å²) >= 11 is 0. The molecule has 9 heteroatoms. The summed E-state index contributed by atoms with van der Waals surface area (Å²) in [6, 6.07) is 11.9. The van der Waals surface area contributed by atoms with E-state index in [1.54, 1.807) is 14.2 Å². The highest BCUT2D eigenvalue weighted by Gasteiger charge is 2.54. The van der Waals surface area contributed by atoms with Crippen molar-refractivity contribution in [3.05, 3.63) is 53.2 Å². The Hall–Kier alpha value is -3.27. The molecule has 2 aromatic carbocycles. The third kappa shape index (κ3) is 3.45. The predicted molar refractivity (Wildman–Crippen MR) is 132 cm³/mol. The number of hydrogen-bond acceptors (Lipinski definition) is 7. The number of aliphatic hydroxyl groups is 1. The topological polar surface area (TPSA) is 85.6 Å². The van der Waals surface area contributed by atoms with E-state index in [0.29, 0.717) is 19.6 Å². The lowest BCUT2D eigenvalue weighted by atomic mass is 9.68. The lowest BCUT2D eigenvalue weighted by Gasteiger charge is -2.56. The van der Waals surface area contributed by atoms with Crippen LogP contribution in [-0.4, -0.2) is 79.2 Å². The molecular formula is C27H31N3O6. The Morgan fingerprint density at radius 1 is 1.11 bits per heavy atom. The van der Waals surface area contributed by atoms with Crippen molar-refractivity contribution in [3.8, 4) is 17.2 Å². The van der Waals surface area contributed by atoms with Crippen molar-refractivity contribution in [2.75, 3.05) is 53.9 Å². The Bertz CT molecular complexity index is 1330. The van der Waals surface area contributed by atoms with Gasteiger partial charge in [0, 0.05) is 62.9 Å². The molecule has 3 aromatic rings. The Kier molecular flexibility index (Phi) is 5.59. The number of carbonyl (C=O) groups is 1. The molecule has 0 unspecified atom stereocenters. The van der Waals surface area contributed by atoms with E-state index in [1.165, 1.54) is 5.56 Å². The van der Waals surface area contributed by atoms with E-state index >= 15 is 0 Å². The molecule has 1 amide bonds. The number of fused-ring (bicyclic) bond motifs is 5. The first kappa shape index (κ1) is 23.1. The second-order valence-electron chi connectivity index (χ2n) is 9.96. The summed E-state index contributed by atoms with van der Waals surface area (Å²) in [5.41, 5.74) is 4.22. The van der Waals surface area contributed by atoms with Crippen LogP contribution in [0.2, 0.25) is 0 Å². The molecule has 1 atom stereocenters. The zero-order valence-electron chi connectivity index (χ0n) is 20.8. The average molecular weight is 494 g/mol. The minimum atomic E-state index is -0.241. The van der Waals surface area contributed by atoms with Crippen LogP contribution in [0.25, 0.3) is 10.9 Å². The first-order chi connectivity index (χ1) is 17.5. The molecule has 1 saturated heterocycles. The molecule has 6 rings (SSSR count). The highest BCUT2D eigenvalue weighted by Crippen LogP contribution is 2.50. The van der Waals surface area contributed by atoms with Gasteiger partial charge in [-0.1, -0.05) is 6.07 Å². The minimum Gasteiger partial charge on any atom is -0.497 e. The van der Waals surface area contributed by atoms with Crippen LogP contribution in [0.4, 0.5) is 0 Å². The second-order valence-corrected chi connectivity index (χ2v) is 9.96. The van der Waals surface area contributed by atoms with Crippen molar-refractivity contribution in [3.63, 3.8) is 0 Å². The van der Waals surface area contributed by atoms with Crippen LogP contribution in [0, 0.1) is 0 Å². The Morgan fingerprint density at radius 2 is 1.92 bits per heavy atom. The molecule has 0 radical (unpaired) electrons. The SMILES string of the molecule is COCC(=O)N1CC2(C1)CN(Cc1ccc3c(c1)OCO3)[C@@H](CO)c1c2c2ccc(OC)cc2n1C. The first-order valence-corrected chi connectivity index (χ1v) is 12.1. The summed E-state index contributed by atoms with van der Waals surface area (Å²) in [7, 11) is 5.26. The van der Waals surface area contributed by atoms with Crippen LogP contribution >= 0.6 is 0 Å². The fourth-order valence-electron chi connectivity index (χ4n) is 6.24. The molecule has 1 aromatic heterocycles. The van der Waals surface area contributed by atoms with Gasteiger partial charge in [-0.25, -0.2) is 0 Å². The van der Waals surface area contributed by atoms with Crippen LogP contribution in [0.15, 0.2) is 36.4 Å². The molecule has 3 aliphatic heterocycles. The standard InChI is InChI=1S/C27H31N3O6/c1-28-20-9-18(34-3)5-6-19(20)25-26(28)21(11-31)29(10-17-4-7-22-23(8-17)36-16-35-22)13-27(25)14-30(15-27)24(32)12-33-2/h4-9,21,31H,10-16H2,1-3H3/t21-/m0/s1. The fourth-order valence-corrected chi connectivity index (χ4v) is 6.24. The second kappa shape index (κ2) is 8.69. The van der Waals surface area contributed by atoms with Crippen molar-refractivity contribution >= 4 is 16.8 Å². The quantitative estimate of drug-likeness (QED) is 0.564. The summed E-state index contributed by atoms with van der Waals surface area (Å²) in [4.78, 5) is 16.8. The van der Waals surface area contributed by atoms with Gasteiger partial charge in [-0.3, -0.25) is 9.69 Å². The molecule has 190 valence electrons. The number of aliphatic hydroxyl groups excluding tert-OH is 1. The number of nitrogens with zero attached hydrogens (tertiary/aromatic N) is 3. The smallest absolute Gasteiger partial charge is 0.248 e. The van der Waals surface area contributed by atoms with Crippen molar-refractivity contribution in [2.24, 2.45) is 7.05 Å². The summed E-state index contributed by atoms with van der Waals surface area (Å²) < 4.78 is 23.9. The van der Waals surface area contributed by atoms with Gasteiger partial charge in [-0.2, -0.15) is 0 Å². The summed E-state index contributed by atoms with van der Waals surface area (Å²) in [5.74, 6) is 2.29. The van der Waals surface area contributed by atoms with Crippen molar-refractivity contribution < 1.29 is 28.8 Å². The third-order valence-electron chi connectivity index (χ3n) is 7.85. The maximum absolute atomic E-state index is 12.6. The minimum absolute atomic E-state index is 0.00168. The number of methoxy groups -OCH3 is 2. The van der Waals surface area contributed by atoms with Gasteiger partial charge in [0.05, 0.1) is 25.3 Å². The molecule has 3 aliphatic rings. The monoisotopic (exact) mass is 493 g/mol. The van der Waals surface area contributed by atoms with Crippen molar-refractivity contribution in [1.82, 2.24) is 14.4 Å². The number of likely N-dealkylation sites (tertiary alicyclic amines) is 1. The molecule has 1 fully saturated rings. The van der Waals surface area contributed by atoms with Gasteiger partial charge in [-0.15, -0.1) is 0 Å². The van der Waals surface area contributed by atoms with Crippen molar-refractivity contribution in [2.45, 2.75) is 18.0 Å². The zero-order chi connectivity index (χ0) is 25.0. The lowest BCUT2D eigenvalue weighted by molar-refractivity contribution is -0.144. The van der Waals surface area contributed by atoms with Gasteiger partial charge in [0.1, 0.15) is 12.4 Å². The van der Waals surface area contributed by atoms with Crippen LogP contribution in [0.5, 0.6) is 17.2 Å². The van der Waals surface area contributed by atoms with Crippen LogP contribution in [0.3, 0.4) is 0 Å². The number of amides is 1. The lowest BCUT2D eigenvalue weighted by Crippen LogP contribution is -2.68. The molecule has 4 heterocycles. The Balaban J connectivity index is 1.43. The van der Waals surface area contributed by atoms with Gasteiger partial charge < -0.3 is 33.5 Å². The maximum Gasteiger partial charge on any atom is 0.248 e. The number of aryl methyl sites for hydroxylation is 1. The maximum atomic E-state index is 12.6. The zero-order valence-corrected chi connectivity index (χ0v) is 20.8. The van der Waals surface area contributed by atoms with E-state index in [1.807, 2.05) is 42.3 Å². The largest absolute Gasteiger partial charge is 0.497 e. The van der Waals surface area contributed by atoms with Gasteiger partial charge in [0.2, 0.25) is 12.7 Å². The predicted octanol–water partition coefficient (Wildman–Crippen LogP) is 2.19. The number of rotatable bonds is 6. The Morgan fingerprint density at radius 3 is 2.67 bits per heavy atom. The van der Waals surface area contributed by atoms with Gasteiger partial charge in [-0.05, 0) is 35.4 Å².